The van der Waals surface area contributed by atoms with Gasteiger partial charge in [0, 0.05) is 44.6 Å². The number of amides is 1. The van der Waals surface area contributed by atoms with Crippen molar-refractivity contribution in [1.82, 2.24) is 19.9 Å². The smallest absolute Gasteiger partial charge is 0.255 e. The zero-order valence-corrected chi connectivity index (χ0v) is 32.2. The molecule has 284 valence electrons. The number of carbonyl (C=O) groups excluding carboxylic acids is 1. The second-order valence-electron chi connectivity index (χ2n) is 14.3. The van der Waals surface area contributed by atoms with Crippen LogP contribution in [-0.4, -0.2) is 25.8 Å². The standard InChI is InChI=1S/C53H35N5O2/c59-52(41-18-9-3-10-19-41)54-46-34-43(32-33-44(46)45-22-13-23-47-48(45)55-53(60-47)42-20-11-4-12-21-42)37-26-24-35(25-27-37)36-28-30-40(31-29-36)51-57-49(38-14-5-1-6-15-38)56-50(58-51)39-16-7-2-8-17-39/h1-34H,(H,54,59). The Balaban J connectivity index is 0.966. The maximum absolute atomic E-state index is 13.6. The van der Waals surface area contributed by atoms with Gasteiger partial charge in [0.2, 0.25) is 5.89 Å². The Kier molecular flexibility index (Phi) is 9.57. The summed E-state index contributed by atoms with van der Waals surface area (Å²) in [5, 5.41) is 3.21. The van der Waals surface area contributed by atoms with Crippen LogP contribution in [0.15, 0.2) is 211 Å². The molecule has 0 atom stereocenters. The number of anilines is 1. The molecule has 10 aromatic rings. The highest BCUT2D eigenvalue weighted by Gasteiger charge is 2.18. The molecule has 0 aliphatic rings. The molecule has 7 heteroatoms. The van der Waals surface area contributed by atoms with Crippen LogP contribution in [0.4, 0.5) is 5.69 Å². The number of rotatable bonds is 9. The Morgan fingerprint density at radius 1 is 0.383 bits per heavy atom. The third-order valence-corrected chi connectivity index (χ3v) is 10.4. The minimum absolute atomic E-state index is 0.199. The van der Waals surface area contributed by atoms with Crippen molar-refractivity contribution in [2.24, 2.45) is 0 Å². The van der Waals surface area contributed by atoms with Gasteiger partial charge >= 0.3 is 0 Å². The Bertz CT molecular complexity index is 3040. The molecule has 0 bridgehead atoms. The lowest BCUT2D eigenvalue weighted by Crippen LogP contribution is -2.12. The first-order valence-electron chi connectivity index (χ1n) is 19.7. The van der Waals surface area contributed by atoms with E-state index in [9.17, 15) is 4.79 Å². The first-order chi connectivity index (χ1) is 29.6. The third kappa shape index (κ3) is 7.35. The van der Waals surface area contributed by atoms with Gasteiger partial charge in [-0.25, -0.2) is 19.9 Å². The van der Waals surface area contributed by atoms with E-state index in [1.54, 1.807) is 0 Å². The van der Waals surface area contributed by atoms with Gasteiger partial charge in [-0.15, -0.1) is 0 Å². The van der Waals surface area contributed by atoms with E-state index in [-0.39, 0.29) is 5.91 Å². The maximum atomic E-state index is 13.6. The molecule has 2 aromatic heterocycles. The average Bonchev–Trinajstić information content (AvgIpc) is 3.78. The van der Waals surface area contributed by atoms with Gasteiger partial charge in [-0.05, 0) is 58.7 Å². The topological polar surface area (TPSA) is 93.8 Å². The number of hydrogen-bond acceptors (Lipinski definition) is 6. The molecule has 60 heavy (non-hydrogen) atoms. The molecule has 0 unspecified atom stereocenters. The fourth-order valence-corrected chi connectivity index (χ4v) is 7.32. The normalized spacial score (nSPS) is 11.1. The van der Waals surface area contributed by atoms with E-state index in [0.29, 0.717) is 40.2 Å². The number of aromatic nitrogens is 4. The van der Waals surface area contributed by atoms with Crippen LogP contribution in [0.1, 0.15) is 10.4 Å². The van der Waals surface area contributed by atoms with Crippen LogP contribution < -0.4 is 5.32 Å². The van der Waals surface area contributed by atoms with E-state index < -0.39 is 0 Å². The van der Waals surface area contributed by atoms with Crippen LogP contribution in [-0.2, 0) is 0 Å². The van der Waals surface area contributed by atoms with Gasteiger partial charge in [0.05, 0.1) is 0 Å². The number of benzene rings is 8. The summed E-state index contributed by atoms with van der Waals surface area (Å²) in [6.07, 6.45) is 0. The van der Waals surface area contributed by atoms with Gasteiger partial charge in [0.25, 0.3) is 5.91 Å². The summed E-state index contributed by atoms with van der Waals surface area (Å²) in [6, 6.07) is 67.8. The molecule has 1 N–H and O–H groups in total. The molecule has 0 spiro atoms. The van der Waals surface area contributed by atoms with E-state index in [4.69, 9.17) is 24.4 Å². The number of oxazole rings is 1. The molecule has 8 aromatic carbocycles. The fourth-order valence-electron chi connectivity index (χ4n) is 7.32. The van der Waals surface area contributed by atoms with Gasteiger partial charge in [-0.3, -0.25) is 4.79 Å². The van der Waals surface area contributed by atoms with Crippen molar-refractivity contribution in [3.05, 3.63) is 212 Å². The largest absolute Gasteiger partial charge is 0.436 e. The lowest BCUT2D eigenvalue weighted by Gasteiger charge is -2.15. The van der Waals surface area contributed by atoms with E-state index in [0.717, 1.165) is 61.2 Å². The van der Waals surface area contributed by atoms with E-state index in [1.807, 2.05) is 152 Å². The highest BCUT2D eigenvalue weighted by atomic mass is 16.3. The Hall–Kier alpha value is -8.29. The quantitative estimate of drug-likeness (QED) is 0.157. The molecule has 0 saturated heterocycles. The zero-order valence-electron chi connectivity index (χ0n) is 32.2. The molecule has 1 amide bonds. The number of nitrogens with zero attached hydrogens (tertiary/aromatic N) is 4. The number of nitrogens with one attached hydrogen (secondary N) is 1. The molecule has 0 radical (unpaired) electrons. The average molecular weight is 774 g/mol. The maximum Gasteiger partial charge on any atom is 0.255 e. The molecule has 0 saturated carbocycles. The van der Waals surface area contributed by atoms with Crippen molar-refractivity contribution in [3.63, 3.8) is 0 Å². The molecule has 7 nitrogen and oxygen atoms in total. The van der Waals surface area contributed by atoms with Crippen molar-refractivity contribution in [2.75, 3.05) is 5.32 Å². The number of fused-ring (bicyclic) bond motifs is 1. The first-order valence-corrected chi connectivity index (χ1v) is 19.7. The number of para-hydroxylation sites is 1. The molecule has 10 rings (SSSR count). The molecular weight excluding hydrogens is 739 g/mol. The number of carbonyl (C=O) groups is 1. The van der Waals surface area contributed by atoms with Crippen LogP contribution >= 0.6 is 0 Å². The van der Waals surface area contributed by atoms with E-state index in [2.05, 4.69) is 59.9 Å². The van der Waals surface area contributed by atoms with Crippen molar-refractivity contribution in [1.29, 1.82) is 0 Å². The van der Waals surface area contributed by atoms with Crippen LogP contribution in [0.25, 0.3) is 90.1 Å². The van der Waals surface area contributed by atoms with Gasteiger partial charge in [-0.2, -0.15) is 0 Å². The zero-order chi connectivity index (χ0) is 40.3. The van der Waals surface area contributed by atoms with Crippen LogP contribution in [0.5, 0.6) is 0 Å². The monoisotopic (exact) mass is 773 g/mol. The first kappa shape index (κ1) is 36.1. The van der Waals surface area contributed by atoms with Crippen molar-refractivity contribution in [3.8, 4) is 79.0 Å². The van der Waals surface area contributed by atoms with Crippen molar-refractivity contribution >= 4 is 22.7 Å². The predicted octanol–water partition coefficient (Wildman–Crippen LogP) is 12.9. The van der Waals surface area contributed by atoms with Crippen LogP contribution in [0, 0.1) is 0 Å². The van der Waals surface area contributed by atoms with Crippen LogP contribution in [0.2, 0.25) is 0 Å². The minimum atomic E-state index is -0.199. The van der Waals surface area contributed by atoms with E-state index >= 15 is 0 Å². The summed E-state index contributed by atoms with van der Waals surface area (Å²) >= 11 is 0. The minimum Gasteiger partial charge on any atom is -0.436 e. The molecular formula is C53H35N5O2. The van der Waals surface area contributed by atoms with Gasteiger partial charge in [-0.1, -0.05) is 170 Å². The molecule has 0 fully saturated rings. The summed E-state index contributed by atoms with van der Waals surface area (Å²) in [6.45, 7) is 0. The summed E-state index contributed by atoms with van der Waals surface area (Å²) in [7, 11) is 0. The molecule has 2 heterocycles. The van der Waals surface area contributed by atoms with E-state index in [1.165, 1.54) is 0 Å². The Labute approximate surface area is 346 Å². The van der Waals surface area contributed by atoms with Crippen molar-refractivity contribution in [2.45, 2.75) is 0 Å². The lowest BCUT2D eigenvalue weighted by molar-refractivity contribution is 0.102. The van der Waals surface area contributed by atoms with Gasteiger partial charge in [0.1, 0.15) is 5.52 Å². The second-order valence-corrected chi connectivity index (χ2v) is 14.3. The highest BCUT2D eigenvalue weighted by molar-refractivity contribution is 6.08. The van der Waals surface area contributed by atoms with Crippen molar-refractivity contribution < 1.29 is 9.21 Å². The predicted molar refractivity (Wildman–Crippen MR) is 240 cm³/mol. The third-order valence-electron chi connectivity index (χ3n) is 10.4. The summed E-state index contributed by atoms with van der Waals surface area (Å²) in [5.41, 5.74) is 12.1. The second kappa shape index (κ2) is 15.9. The Morgan fingerprint density at radius 3 is 1.38 bits per heavy atom. The summed E-state index contributed by atoms with van der Waals surface area (Å²) < 4.78 is 6.21. The van der Waals surface area contributed by atoms with Gasteiger partial charge < -0.3 is 9.73 Å². The Morgan fingerprint density at radius 2 is 0.833 bits per heavy atom. The molecule has 0 aliphatic heterocycles. The highest BCUT2D eigenvalue weighted by Crippen LogP contribution is 2.38. The van der Waals surface area contributed by atoms with Gasteiger partial charge in [0.15, 0.2) is 23.1 Å². The van der Waals surface area contributed by atoms with Crippen LogP contribution in [0.3, 0.4) is 0 Å². The number of hydrogen-bond donors (Lipinski definition) is 1. The summed E-state index contributed by atoms with van der Waals surface area (Å²) in [4.78, 5) is 33.1. The SMILES string of the molecule is O=C(Nc1cc(-c2ccc(-c3ccc(-c4nc(-c5ccccc5)nc(-c5ccccc5)n4)cc3)cc2)ccc1-c1cccc2oc(-c3ccccc3)nc12)c1ccccc1. The summed E-state index contributed by atoms with van der Waals surface area (Å²) in [5.74, 6) is 2.21. The fraction of sp³-hybridized carbons (Fsp3) is 0. The lowest BCUT2D eigenvalue weighted by atomic mass is 9.95. The molecule has 0 aliphatic carbocycles.